The van der Waals surface area contributed by atoms with Crippen molar-refractivity contribution in [2.45, 2.75) is 19.9 Å². The fraction of sp³-hybridized carbons (Fsp3) is 0.222. The van der Waals surface area contributed by atoms with Crippen LogP contribution < -0.4 is 0 Å². The number of hydrogen-bond acceptors (Lipinski definition) is 2. The van der Waals surface area contributed by atoms with Gasteiger partial charge in [0.1, 0.15) is 0 Å². The van der Waals surface area contributed by atoms with Gasteiger partial charge in [0.25, 0.3) is 5.91 Å². The zero-order valence-corrected chi connectivity index (χ0v) is 14.1. The van der Waals surface area contributed by atoms with Gasteiger partial charge < -0.3 is 4.90 Å². The van der Waals surface area contributed by atoms with Gasteiger partial charge in [-0.25, -0.2) is 0 Å². The first-order chi connectivity index (χ1) is 11.0. The van der Waals surface area contributed by atoms with E-state index in [0.29, 0.717) is 18.7 Å². The molecule has 0 N–H and O–H groups in total. The van der Waals surface area contributed by atoms with Crippen LogP contribution in [0.3, 0.4) is 0 Å². The number of carbonyl (C=O) groups is 2. The molecule has 1 aliphatic heterocycles. The Bertz CT molecular complexity index is 778. The molecule has 118 valence electrons. The lowest BCUT2D eigenvalue weighted by molar-refractivity contribution is 0.0734. The van der Waals surface area contributed by atoms with Gasteiger partial charge in [0, 0.05) is 18.7 Å². The van der Waals surface area contributed by atoms with E-state index in [4.69, 9.17) is 23.2 Å². The smallest absolute Gasteiger partial charge is 0.254 e. The van der Waals surface area contributed by atoms with E-state index in [2.05, 4.69) is 6.07 Å². The van der Waals surface area contributed by atoms with E-state index in [0.717, 1.165) is 12.0 Å². The molecule has 1 aliphatic rings. The Kier molecular flexibility index (Phi) is 4.42. The lowest BCUT2D eigenvalue weighted by Gasteiger charge is -2.29. The van der Waals surface area contributed by atoms with Crippen LogP contribution in [0.5, 0.6) is 0 Å². The number of fused-ring (bicyclic) bond motifs is 1. The first-order valence-electron chi connectivity index (χ1n) is 7.33. The average molecular weight is 348 g/mol. The second kappa shape index (κ2) is 6.34. The number of rotatable bonds is 2. The second-order valence-corrected chi connectivity index (χ2v) is 6.43. The molecule has 0 atom stereocenters. The number of amides is 1. The zero-order chi connectivity index (χ0) is 16.6. The highest BCUT2D eigenvalue weighted by atomic mass is 35.5. The molecule has 0 aromatic heterocycles. The minimum absolute atomic E-state index is 0.126. The highest BCUT2D eigenvalue weighted by Crippen LogP contribution is 2.28. The van der Waals surface area contributed by atoms with E-state index in [9.17, 15) is 9.59 Å². The van der Waals surface area contributed by atoms with Crippen molar-refractivity contribution in [3.8, 4) is 0 Å². The number of hydrogen-bond donors (Lipinski definition) is 0. The van der Waals surface area contributed by atoms with Crippen LogP contribution >= 0.6 is 23.2 Å². The second-order valence-electron chi connectivity index (χ2n) is 5.62. The van der Waals surface area contributed by atoms with Crippen molar-refractivity contribution in [3.05, 3.63) is 68.7 Å². The van der Waals surface area contributed by atoms with E-state index < -0.39 is 0 Å². The minimum Gasteiger partial charge on any atom is -0.334 e. The van der Waals surface area contributed by atoms with Crippen molar-refractivity contribution < 1.29 is 9.59 Å². The molecule has 0 radical (unpaired) electrons. The summed E-state index contributed by atoms with van der Waals surface area (Å²) in [7, 11) is 0. The monoisotopic (exact) mass is 347 g/mol. The molecule has 0 saturated carbocycles. The van der Waals surface area contributed by atoms with Crippen LogP contribution in [0.15, 0.2) is 36.4 Å². The molecule has 23 heavy (non-hydrogen) atoms. The third kappa shape index (κ3) is 3.12. The lowest BCUT2D eigenvalue weighted by atomic mass is 9.99. The fourth-order valence-electron chi connectivity index (χ4n) is 2.88. The number of carbonyl (C=O) groups excluding carboxylic acids is 2. The van der Waals surface area contributed by atoms with Gasteiger partial charge in [-0.15, -0.1) is 0 Å². The van der Waals surface area contributed by atoms with Gasteiger partial charge in [-0.3, -0.25) is 9.59 Å². The maximum absolute atomic E-state index is 12.7. The van der Waals surface area contributed by atoms with Crippen LogP contribution in [0.1, 0.15) is 38.8 Å². The predicted molar refractivity (Wildman–Crippen MR) is 91.4 cm³/mol. The summed E-state index contributed by atoms with van der Waals surface area (Å²) < 4.78 is 0. The van der Waals surface area contributed by atoms with Crippen molar-refractivity contribution in [2.24, 2.45) is 0 Å². The van der Waals surface area contributed by atoms with Gasteiger partial charge >= 0.3 is 0 Å². The van der Waals surface area contributed by atoms with E-state index in [1.54, 1.807) is 4.90 Å². The first-order valence-corrected chi connectivity index (χ1v) is 8.09. The molecular weight excluding hydrogens is 333 g/mol. The molecule has 0 spiro atoms. The largest absolute Gasteiger partial charge is 0.334 e. The van der Waals surface area contributed by atoms with Crippen molar-refractivity contribution >= 4 is 34.9 Å². The Morgan fingerprint density at radius 1 is 1.04 bits per heavy atom. The van der Waals surface area contributed by atoms with Crippen molar-refractivity contribution in [2.75, 3.05) is 6.54 Å². The molecule has 1 heterocycles. The number of benzene rings is 2. The summed E-state index contributed by atoms with van der Waals surface area (Å²) in [5.74, 6) is -0.343. The fourth-order valence-corrected chi connectivity index (χ4v) is 3.64. The summed E-state index contributed by atoms with van der Waals surface area (Å²) in [6.45, 7) is 2.62. The van der Waals surface area contributed by atoms with E-state index in [1.165, 1.54) is 24.6 Å². The van der Waals surface area contributed by atoms with Crippen LogP contribution in [0, 0.1) is 0 Å². The molecule has 2 aromatic carbocycles. The summed E-state index contributed by atoms with van der Waals surface area (Å²) in [6.07, 6.45) is 0.828. The first kappa shape index (κ1) is 16.0. The number of nitrogens with zero attached hydrogens (tertiary/aromatic N) is 1. The molecule has 0 aliphatic carbocycles. The number of Topliss-reactive ketones (excluding diaryl/α,β-unsaturated/α-hetero) is 1. The number of halogens is 2. The summed E-state index contributed by atoms with van der Waals surface area (Å²) in [5, 5.41) is 0.427. The van der Waals surface area contributed by atoms with Crippen LogP contribution in [-0.2, 0) is 13.0 Å². The van der Waals surface area contributed by atoms with Gasteiger partial charge in [0.05, 0.1) is 15.6 Å². The zero-order valence-electron chi connectivity index (χ0n) is 12.6. The SMILES string of the molecule is CC(=O)c1c(Cl)cc(C(=O)N2CCc3ccccc3C2)cc1Cl. The highest BCUT2D eigenvalue weighted by molar-refractivity contribution is 6.40. The Hall–Kier alpha value is -1.84. The Labute approximate surface area is 144 Å². The third-order valence-electron chi connectivity index (χ3n) is 4.06. The van der Waals surface area contributed by atoms with Crippen LogP contribution in [0.2, 0.25) is 10.0 Å². The van der Waals surface area contributed by atoms with E-state index >= 15 is 0 Å². The van der Waals surface area contributed by atoms with Gasteiger partial charge in [-0.1, -0.05) is 47.5 Å². The highest BCUT2D eigenvalue weighted by Gasteiger charge is 2.23. The summed E-state index contributed by atoms with van der Waals surface area (Å²) >= 11 is 12.2. The maximum Gasteiger partial charge on any atom is 0.254 e. The summed E-state index contributed by atoms with van der Waals surface area (Å²) in [5.41, 5.74) is 3.10. The Morgan fingerprint density at radius 2 is 1.65 bits per heavy atom. The molecule has 0 fully saturated rings. The summed E-state index contributed by atoms with van der Waals surface area (Å²) in [6, 6.07) is 11.2. The van der Waals surface area contributed by atoms with Crippen molar-refractivity contribution in [3.63, 3.8) is 0 Å². The van der Waals surface area contributed by atoms with Crippen LogP contribution in [-0.4, -0.2) is 23.1 Å². The Morgan fingerprint density at radius 3 is 2.26 bits per heavy atom. The maximum atomic E-state index is 12.7. The molecule has 1 amide bonds. The van der Waals surface area contributed by atoms with Crippen molar-refractivity contribution in [1.29, 1.82) is 0 Å². The van der Waals surface area contributed by atoms with Crippen LogP contribution in [0.4, 0.5) is 0 Å². The molecular formula is C18H15Cl2NO2. The summed E-state index contributed by atoms with van der Waals surface area (Å²) in [4.78, 5) is 26.0. The minimum atomic E-state index is -0.217. The van der Waals surface area contributed by atoms with Gasteiger partial charge in [0.15, 0.2) is 5.78 Å². The normalized spacial score (nSPS) is 13.6. The predicted octanol–water partition coefficient (Wildman–Crippen LogP) is 4.39. The quantitative estimate of drug-likeness (QED) is 0.755. The molecule has 2 aromatic rings. The average Bonchev–Trinajstić information content (AvgIpc) is 2.52. The standard InChI is InChI=1S/C18H15Cl2NO2/c1-11(22)17-15(19)8-14(9-16(17)20)18(23)21-7-6-12-4-2-3-5-13(12)10-21/h2-5,8-9H,6-7,10H2,1H3. The van der Waals surface area contributed by atoms with Crippen LogP contribution in [0.25, 0.3) is 0 Å². The molecule has 0 bridgehead atoms. The van der Waals surface area contributed by atoms with Gasteiger partial charge in [0.2, 0.25) is 0 Å². The van der Waals surface area contributed by atoms with E-state index in [-0.39, 0.29) is 27.3 Å². The van der Waals surface area contributed by atoms with Crippen molar-refractivity contribution in [1.82, 2.24) is 4.90 Å². The molecule has 0 saturated heterocycles. The molecule has 3 rings (SSSR count). The Balaban J connectivity index is 1.89. The number of ketones is 1. The van der Waals surface area contributed by atoms with Gasteiger partial charge in [-0.2, -0.15) is 0 Å². The van der Waals surface area contributed by atoms with E-state index in [1.807, 2.05) is 18.2 Å². The molecule has 5 heteroatoms. The molecule has 3 nitrogen and oxygen atoms in total. The van der Waals surface area contributed by atoms with Gasteiger partial charge in [-0.05, 0) is 36.6 Å². The topological polar surface area (TPSA) is 37.4 Å². The molecule has 0 unspecified atom stereocenters. The lowest BCUT2D eigenvalue weighted by Crippen LogP contribution is -2.36. The third-order valence-corrected chi connectivity index (χ3v) is 4.66.